The van der Waals surface area contributed by atoms with E-state index < -0.39 is 0 Å². The van der Waals surface area contributed by atoms with Crippen LogP contribution in [-0.2, 0) is 11.3 Å². The van der Waals surface area contributed by atoms with Crippen LogP contribution in [-0.4, -0.2) is 44.3 Å². The van der Waals surface area contributed by atoms with Crippen LogP contribution in [0.25, 0.3) is 17.0 Å². The van der Waals surface area contributed by atoms with E-state index in [2.05, 4.69) is 31.7 Å². The van der Waals surface area contributed by atoms with E-state index in [0.717, 1.165) is 48.8 Å². The number of imidazole rings is 1. The van der Waals surface area contributed by atoms with Crippen LogP contribution < -0.4 is 5.32 Å². The quantitative estimate of drug-likeness (QED) is 0.788. The zero-order valence-corrected chi connectivity index (χ0v) is 14.5. The zero-order chi connectivity index (χ0) is 17.5. The molecule has 0 spiro atoms. The van der Waals surface area contributed by atoms with E-state index in [4.69, 9.17) is 4.98 Å². The third kappa shape index (κ3) is 2.66. The minimum absolute atomic E-state index is 0.200. The number of hydrogen-bond acceptors (Lipinski definition) is 4. The van der Waals surface area contributed by atoms with Crippen molar-refractivity contribution in [1.29, 1.82) is 0 Å². The highest BCUT2D eigenvalue weighted by Crippen LogP contribution is 2.29. The second-order valence-corrected chi connectivity index (χ2v) is 7.22. The minimum Gasteiger partial charge on any atom is -0.352 e. The first-order valence-corrected chi connectivity index (χ1v) is 9.17. The van der Waals surface area contributed by atoms with E-state index >= 15 is 0 Å². The summed E-state index contributed by atoms with van der Waals surface area (Å²) in [4.78, 5) is 23.3. The zero-order valence-electron chi connectivity index (χ0n) is 14.5. The lowest BCUT2D eigenvalue weighted by molar-refractivity contribution is -0.119. The fraction of sp³-hybridized carbons (Fsp3) is 0.350. The summed E-state index contributed by atoms with van der Waals surface area (Å²) in [5.41, 5.74) is 3.25. The van der Waals surface area contributed by atoms with Crippen molar-refractivity contribution in [2.75, 3.05) is 13.1 Å². The first-order chi connectivity index (χ1) is 12.8. The van der Waals surface area contributed by atoms with Crippen LogP contribution in [0, 0.1) is 5.92 Å². The Bertz CT molecular complexity index is 951. The van der Waals surface area contributed by atoms with Gasteiger partial charge in [0.2, 0.25) is 11.7 Å². The molecule has 26 heavy (non-hydrogen) atoms. The van der Waals surface area contributed by atoms with Crippen molar-refractivity contribution in [2.45, 2.75) is 25.4 Å². The Kier molecular flexibility index (Phi) is 3.71. The Morgan fingerprint density at radius 2 is 2.08 bits per heavy atom. The van der Waals surface area contributed by atoms with Gasteiger partial charge in [0.1, 0.15) is 0 Å². The van der Waals surface area contributed by atoms with E-state index in [1.54, 1.807) is 6.20 Å². The highest BCUT2D eigenvalue weighted by Gasteiger charge is 2.37. The molecular formula is C20H21N5O. The van der Waals surface area contributed by atoms with Crippen LogP contribution >= 0.6 is 0 Å². The van der Waals surface area contributed by atoms with Gasteiger partial charge in [-0.15, -0.1) is 0 Å². The molecule has 2 fully saturated rings. The second kappa shape index (κ2) is 6.21. The van der Waals surface area contributed by atoms with Gasteiger partial charge >= 0.3 is 0 Å². The Balaban J connectivity index is 1.49. The van der Waals surface area contributed by atoms with Gasteiger partial charge in [-0.2, -0.15) is 0 Å². The highest BCUT2D eigenvalue weighted by atomic mass is 16.2. The molecule has 2 aliphatic rings. The summed E-state index contributed by atoms with van der Waals surface area (Å²) in [5.74, 6) is 1.42. The Morgan fingerprint density at radius 3 is 2.96 bits per heavy atom. The number of benzene rings is 1. The van der Waals surface area contributed by atoms with E-state index in [-0.39, 0.29) is 11.9 Å². The predicted molar refractivity (Wildman–Crippen MR) is 98.4 cm³/mol. The molecule has 2 atom stereocenters. The lowest BCUT2D eigenvalue weighted by Crippen LogP contribution is -2.46. The number of hydrogen-bond donors (Lipinski definition) is 1. The van der Waals surface area contributed by atoms with Crippen LogP contribution in [0.3, 0.4) is 0 Å². The predicted octanol–water partition coefficient (Wildman–Crippen LogP) is 2.11. The summed E-state index contributed by atoms with van der Waals surface area (Å²) in [7, 11) is 0. The first kappa shape index (κ1) is 15.5. The number of piperidine rings is 1. The number of nitrogens with zero attached hydrogens (tertiary/aromatic N) is 4. The molecular weight excluding hydrogens is 326 g/mol. The molecule has 0 bridgehead atoms. The lowest BCUT2D eigenvalue weighted by Gasteiger charge is -2.34. The molecule has 1 aromatic carbocycles. The fourth-order valence-electron chi connectivity index (χ4n) is 4.25. The van der Waals surface area contributed by atoms with Crippen molar-refractivity contribution in [1.82, 2.24) is 24.6 Å². The molecule has 3 aromatic rings. The van der Waals surface area contributed by atoms with Gasteiger partial charge in [-0.1, -0.05) is 30.3 Å². The van der Waals surface area contributed by atoms with Gasteiger partial charge in [-0.3, -0.25) is 14.1 Å². The summed E-state index contributed by atoms with van der Waals surface area (Å²) in [6.45, 7) is 2.71. The van der Waals surface area contributed by atoms with Gasteiger partial charge in [0.25, 0.3) is 0 Å². The number of carbonyl (C=O) groups is 1. The number of carbonyl (C=O) groups excluding carboxylic acids is 1. The molecule has 5 rings (SSSR count). The molecule has 1 N–H and O–H groups in total. The summed E-state index contributed by atoms with van der Waals surface area (Å²) in [5, 5.41) is 3.13. The van der Waals surface area contributed by atoms with Gasteiger partial charge in [0, 0.05) is 43.5 Å². The molecule has 6 heteroatoms. The Morgan fingerprint density at radius 1 is 1.19 bits per heavy atom. The Hall–Kier alpha value is -2.73. The van der Waals surface area contributed by atoms with Crippen molar-refractivity contribution >= 4 is 11.7 Å². The van der Waals surface area contributed by atoms with Gasteiger partial charge in [0.05, 0.1) is 11.4 Å². The van der Waals surface area contributed by atoms with Gasteiger partial charge in [0.15, 0.2) is 0 Å². The van der Waals surface area contributed by atoms with Crippen molar-refractivity contribution in [3.8, 4) is 11.3 Å². The number of rotatable bonds is 3. The number of aromatic nitrogens is 3. The largest absolute Gasteiger partial charge is 0.352 e. The van der Waals surface area contributed by atoms with Gasteiger partial charge < -0.3 is 5.32 Å². The molecule has 1 amide bonds. The number of nitrogens with one attached hydrogen (secondary N) is 1. The average molecular weight is 347 g/mol. The first-order valence-electron chi connectivity index (χ1n) is 9.17. The van der Waals surface area contributed by atoms with Crippen LogP contribution in [0.1, 0.15) is 18.5 Å². The SMILES string of the molecule is O=C1C[C@H]2CCN(Cc3c(-c4ccccc4)nc4ncccn34)C[C@H]2N1. The van der Waals surface area contributed by atoms with Crippen LogP contribution in [0.4, 0.5) is 0 Å². The molecule has 0 unspecified atom stereocenters. The maximum atomic E-state index is 11.7. The molecule has 0 aliphatic carbocycles. The standard InChI is InChI=1S/C20H21N5O/c26-18-11-15-7-10-24(12-16(15)22-18)13-17-19(14-5-2-1-3-6-14)23-20-21-8-4-9-25(17)20/h1-6,8-9,15-16H,7,10-13H2,(H,22,26)/t15-,16-/m1/s1. The third-order valence-electron chi connectivity index (χ3n) is 5.56. The van der Waals surface area contributed by atoms with Crippen LogP contribution in [0.2, 0.25) is 0 Å². The maximum Gasteiger partial charge on any atom is 0.234 e. The monoisotopic (exact) mass is 347 g/mol. The smallest absolute Gasteiger partial charge is 0.234 e. The van der Waals surface area contributed by atoms with Gasteiger partial charge in [-0.05, 0) is 24.9 Å². The summed E-state index contributed by atoms with van der Waals surface area (Å²) >= 11 is 0. The Labute approximate surface area is 151 Å². The maximum absolute atomic E-state index is 11.7. The fourth-order valence-corrected chi connectivity index (χ4v) is 4.25. The van der Waals surface area contributed by atoms with Crippen LogP contribution in [0.5, 0.6) is 0 Å². The van der Waals surface area contributed by atoms with Crippen LogP contribution in [0.15, 0.2) is 48.8 Å². The lowest BCUT2D eigenvalue weighted by atomic mass is 9.92. The molecule has 0 saturated carbocycles. The summed E-state index contributed by atoms with van der Waals surface area (Å²) < 4.78 is 2.08. The summed E-state index contributed by atoms with van der Waals surface area (Å²) in [6, 6.07) is 12.5. The number of amides is 1. The normalized spacial score (nSPS) is 23.2. The third-order valence-corrected chi connectivity index (χ3v) is 5.56. The minimum atomic E-state index is 0.200. The summed E-state index contributed by atoms with van der Waals surface area (Å²) in [6.07, 6.45) is 5.56. The molecule has 2 aliphatic heterocycles. The number of fused-ring (bicyclic) bond motifs is 2. The molecule has 4 heterocycles. The number of likely N-dealkylation sites (tertiary alicyclic amines) is 1. The van der Waals surface area contributed by atoms with Crippen molar-refractivity contribution in [2.24, 2.45) is 5.92 Å². The molecule has 6 nitrogen and oxygen atoms in total. The second-order valence-electron chi connectivity index (χ2n) is 7.22. The molecule has 0 radical (unpaired) electrons. The molecule has 132 valence electrons. The van der Waals surface area contributed by atoms with Crippen molar-refractivity contribution < 1.29 is 4.79 Å². The van der Waals surface area contributed by atoms with E-state index in [0.29, 0.717) is 12.3 Å². The molecule has 2 saturated heterocycles. The molecule has 2 aromatic heterocycles. The average Bonchev–Trinajstić information content (AvgIpc) is 3.22. The highest BCUT2D eigenvalue weighted by molar-refractivity contribution is 5.79. The van der Waals surface area contributed by atoms with E-state index in [9.17, 15) is 4.79 Å². The van der Waals surface area contributed by atoms with Crippen molar-refractivity contribution in [3.05, 3.63) is 54.5 Å². The van der Waals surface area contributed by atoms with Gasteiger partial charge in [-0.25, -0.2) is 9.97 Å². The van der Waals surface area contributed by atoms with E-state index in [1.165, 1.54) is 0 Å². The van der Waals surface area contributed by atoms with Crippen molar-refractivity contribution in [3.63, 3.8) is 0 Å². The topological polar surface area (TPSA) is 62.5 Å². The van der Waals surface area contributed by atoms with E-state index in [1.807, 2.05) is 30.5 Å².